The third-order valence-corrected chi connectivity index (χ3v) is 5.33. The van der Waals surface area contributed by atoms with Gasteiger partial charge in [0.1, 0.15) is 16.7 Å². The molecule has 9 heteroatoms. The molecule has 0 radical (unpaired) electrons. The van der Waals surface area contributed by atoms with E-state index >= 15 is 0 Å². The number of esters is 1. The first-order chi connectivity index (χ1) is 13.1. The van der Waals surface area contributed by atoms with E-state index in [1.165, 1.54) is 11.3 Å². The lowest BCUT2D eigenvalue weighted by Gasteiger charge is -2.28. The zero-order chi connectivity index (χ0) is 20.9. The molecular formula is C19H21Cl3N2O3S. The van der Waals surface area contributed by atoms with E-state index in [0.717, 1.165) is 5.56 Å². The van der Waals surface area contributed by atoms with Gasteiger partial charge in [-0.15, -0.1) is 11.3 Å². The highest BCUT2D eigenvalue weighted by Gasteiger charge is 2.36. The van der Waals surface area contributed by atoms with Gasteiger partial charge in [-0.05, 0) is 12.5 Å². The van der Waals surface area contributed by atoms with Gasteiger partial charge >= 0.3 is 5.97 Å². The van der Waals surface area contributed by atoms with Crippen LogP contribution in [0.1, 0.15) is 31.1 Å². The van der Waals surface area contributed by atoms with E-state index in [0.29, 0.717) is 16.1 Å². The van der Waals surface area contributed by atoms with Crippen LogP contribution in [0.4, 0.5) is 5.00 Å². The third-order valence-electron chi connectivity index (χ3n) is 3.77. The number of carbonyl (C=O) groups is 2. The second-order valence-corrected chi connectivity index (χ2v) is 9.47. The number of rotatable bonds is 7. The summed E-state index contributed by atoms with van der Waals surface area (Å²) in [4.78, 5) is 24.8. The minimum Gasteiger partial charge on any atom is -0.462 e. The van der Waals surface area contributed by atoms with Gasteiger partial charge in [-0.2, -0.15) is 0 Å². The largest absolute Gasteiger partial charge is 0.462 e. The van der Waals surface area contributed by atoms with E-state index in [9.17, 15) is 9.59 Å². The van der Waals surface area contributed by atoms with Gasteiger partial charge in [0, 0.05) is 16.9 Å². The fraction of sp³-hybridized carbons (Fsp3) is 0.368. The summed E-state index contributed by atoms with van der Waals surface area (Å²) < 4.78 is 3.38. The quantitative estimate of drug-likeness (QED) is 0.324. The Labute approximate surface area is 183 Å². The van der Waals surface area contributed by atoms with Gasteiger partial charge in [0.2, 0.25) is 9.70 Å². The predicted molar refractivity (Wildman–Crippen MR) is 116 cm³/mol. The van der Waals surface area contributed by atoms with Crippen LogP contribution in [0, 0.1) is 5.92 Å². The molecular weight excluding hydrogens is 443 g/mol. The Kier molecular flexibility index (Phi) is 8.01. The molecule has 0 aliphatic rings. The topological polar surface area (TPSA) is 67.4 Å². The van der Waals surface area contributed by atoms with E-state index in [4.69, 9.17) is 39.5 Å². The Morgan fingerprint density at radius 3 is 2.36 bits per heavy atom. The average Bonchev–Trinajstić information content (AvgIpc) is 3.05. The predicted octanol–water partition coefficient (Wildman–Crippen LogP) is 5.47. The molecule has 0 saturated carbocycles. The monoisotopic (exact) mass is 462 g/mol. The fourth-order valence-corrected chi connectivity index (χ4v) is 3.65. The van der Waals surface area contributed by atoms with Crippen LogP contribution in [-0.4, -0.2) is 28.4 Å². The number of carbonyl (C=O) groups excluding carboxylic acids is 2. The average molecular weight is 464 g/mol. The number of ether oxygens (including phenoxy) is 1. The summed E-state index contributed by atoms with van der Waals surface area (Å²) in [6.45, 7) is 5.41. The Balaban J connectivity index is 2.44. The van der Waals surface area contributed by atoms with Crippen LogP contribution in [0.25, 0.3) is 11.1 Å². The number of benzene rings is 1. The zero-order valence-corrected chi connectivity index (χ0v) is 18.7. The number of hydrogen-bond acceptors (Lipinski definition) is 5. The van der Waals surface area contributed by atoms with E-state index in [2.05, 4.69) is 10.6 Å². The van der Waals surface area contributed by atoms with Gasteiger partial charge in [-0.1, -0.05) is 79.0 Å². The molecule has 0 bridgehead atoms. The number of halogens is 3. The summed E-state index contributed by atoms with van der Waals surface area (Å²) >= 11 is 19.4. The number of thiophene rings is 1. The highest BCUT2D eigenvalue weighted by atomic mass is 35.6. The van der Waals surface area contributed by atoms with Crippen molar-refractivity contribution in [2.45, 2.75) is 30.7 Å². The fourth-order valence-electron chi connectivity index (χ4n) is 2.34. The van der Waals surface area contributed by atoms with Gasteiger partial charge in [-0.3, -0.25) is 4.79 Å². The zero-order valence-electron chi connectivity index (χ0n) is 15.6. The van der Waals surface area contributed by atoms with Crippen molar-refractivity contribution in [3.63, 3.8) is 0 Å². The molecule has 2 aromatic rings. The number of amides is 1. The van der Waals surface area contributed by atoms with Crippen molar-refractivity contribution in [2.75, 3.05) is 11.9 Å². The van der Waals surface area contributed by atoms with Crippen LogP contribution in [0.3, 0.4) is 0 Å². The molecule has 1 amide bonds. The smallest absolute Gasteiger partial charge is 0.341 e. The number of alkyl halides is 3. The van der Waals surface area contributed by atoms with Crippen molar-refractivity contribution in [2.24, 2.45) is 5.92 Å². The van der Waals surface area contributed by atoms with Crippen LogP contribution >= 0.6 is 46.1 Å². The van der Waals surface area contributed by atoms with E-state index in [1.807, 2.05) is 35.7 Å². The van der Waals surface area contributed by atoms with Crippen LogP contribution in [0.5, 0.6) is 0 Å². The summed E-state index contributed by atoms with van der Waals surface area (Å²) in [6, 6.07) is 9.42. The normalized spacial score (nSPS) is 12.5. The second-order valence-electron chi connectivity index (χ2n) is 6.22. The summed E-state index contributed by atoms with van der Waals surface area (Å²) in [5.74, 6) is -1.09. The Morgan fingerprint density at radius 1 is 1.18 bits per heavy atom. The van der Waals surface area contributed by atoms with Crippen molar-refractivity contribution in [1.29, 1.82) is 0 Å². The van der Waals surface area contributed by atoms with Crippen molar-refractivity contribution < 1.29 is 14.3 Å². The molecule has 28 heavy (non-hydrogen) atoms. The highest BCUT2D eigenvalue weighted by Crippen LogP contribution is 2.39. The number of hydrogen-bond donors (Lipinski definition) is 2. The molecule has 1 atom stereocenters. The first-order valence-corrected chi connectivity index (χ1v) is 10.6. The molecule has 0 unspecified atom stereocenters. The first kappa shape index (κ1) is 22.8. The van der Waals surface area contributed by atoms with E-state index in [1.54, 1.807) is 20.8 Å². The lowest BCUT2D eigenvalue weighted by Crippen LogP contribution is -2.50. The molecule has 1 aromatic heterocycles. The van der Waals surface area contributed by atoms with Crippen molar-refractivity contribution in [3.8, 4) is 11.1 Å². The van der Waals surface area contributed by atoms with Crippen molar-refractivity contribution in [1.82, 2.24) is 5.32 Å². The van der Waals surface area contributed by atoms with Crippen LogP contribution in [0.15, 0.2) is 35.7 Å². The SMILES string of the molecule is CCOC(=O)c1c(-c2ccccc2)csc1N[C@@H](NC(=O)C(C)C)C(Cl)(Cl)Cl. The van der Waals surface area contributed by atoms with Gasteiger partial charge in [-0.25, -0.2) is 4.79 Å². The standard InChI is InChI=1S/C19H21Cl3N2O3S/c1-4-27-17(26)14-13(12-8-6-5-7-9-12)10-28-16(14)24-18(19(20,21)22)23-15(25)11(2)3/h5-11,18,24H,4H2,1-3H3,(H,23,25)/t18-/m1/s1. The molecule has 2 rings (SSSR count). The van der Waals surface area contributed by atoms with Gasteiger partial charge in [0.25, 0.3) is 0 Å². The Bertz CT molecular complexity index is 820. The van der Waals surface area contributed by atoms with Crippen LogP contribution in [-0.2, 0) is 9.53 Å². The van der Waals surface area contributed by atoms with Gasteiger partial charge in [0.15, 0.2) is 0 Å². The molecule has 0 aliphatic heterocycles. The maximum absolute atomic E-state index is 12.6. The molecule has 2 N–H and O–H groups in total. The maximum Gasteiger partial charge on any atom is 0.341 e. The lowest BCUT2D eigenvalue weighted by atomic mass is 10.0. The minimum atomic E-state index is -1.84. The lowest BCUT2D eigenvalue weighted by molar-refractivity contribution is -0.124. The number of nitrogens with one attached hydrogen (secondary N) is 2. The summed E-state index contributed by atoms with van der Waals surface area (Å²) in [6.07, 6.45) is -1.04. The van der Waals surface area contributed by atoms with Gasteiger partial charge < -0.3 is 15.4 Å². The number of anilines is 1. The van der Waals surface area contributed by atoms with Crippen molar-refractivity contribution >= 4 is 63.0 Å². The maximum atomic E-state index is 12.6. The molecule has 1 aromatic carbocycles. The van der Waals surface area contributed by atoms with E-state index < -0.39 is 15.9 Å². The van der Waals surface area contributed by atoms with Crippen LogP contribution < -0.4 is 10.6 Å². The van der Waals surface area contributed by atoms with Crippen molar-refractivity contribution in [3.05, 3.63) is 41.3 Å². The Morgan fingerprint density at radius 2 is 1.82 bits per heavy atom. The summed E-state index contributed by atoms with van der Waals surface area (Å²) in [5, 5.41) is 7.92. The molecule has 0 saturated heterocycles. The Hall–Kier alpha value is -1.47. The second kappa shape index (κ2) is 9.83. The summed E-state index contributed by atoms with van der Waals surface area (Å²) in [5.41, 5.74) is 1.88. The molecule has 1 heterocycles. The molecule has 0 spiro atoms. The third kappa shape index (κ3) is 5.77. The summed E-state index contributed by atoms with van der Waals surface area (Å²) in [7, 11) is 0. The molecule has 5 nitrogen and oxygen atoms in total. The van der Waals surface area contributed by atoms with E-state index in [-0.39, 0.29) is 18.4 Å². The molecule has 0 fully saturated rings. The van der Waals surface area contributed by atoms with Gasteiger partial charge in [0.05, 0.1) is 6.61 Å². The molecule has 0 aliphatic carbocycles. The highest BCUT2D eigenvalue weighted by molar-refractivity contribution is 7.15. The van der Waals surface area contributed by atoms with Crippen LogP contribution in [0.2, 0.25) is 0 Å². The first-order valence-electron chi connectivity index (χ1n) is 8.62. The molecule has 152 valence electrons. The minimum absolute atomic E-state index is 0.223.